The van der Waals surface area contributed by atoms with Crippen molar-refractivity contribution >= 4 is 45.2 Å². The van der Waals surface area contributed by atoms with Crippen LogP contribution in [-0.2, 0) is 22.3 Å². The van der Waals surface area contributed by atoms with Crippen LogP contribution in [0.2, 0.25) is 0 Å². The molecule has 6 nitrogen and oxygen atoms in total. The molecule has 0 fully saturated rings. The second kappa shape index (κ2) is 10.9. The molecule has 4 aromatic rings. The molecule has 1 amide bonds. The number of carbonyl (C=O) groups is 2. The van der Waals surface area contributed by atoms with E-state index in [1.165, 1.54) is 18.2 Å². The van der Waals surface area contributed by atoms with Crippen LogP contribution in [0.3, 0.4) is 0 Å². The zero-order chi connectivity index (χ0) is 27.4. The topological polar surface area (TPSA) is 84.1 Å². The summed E-state index contributed by atoms with van der Waals surface area (Å²) in [7, 11) is 0. The predicted octanol–water partition coefficient (Wildman–Crippen LogP) is 6.88. The van der Waals surface area contributed by atoms with Crippen LogP contribution in [-0.4, -0.2) is 22.5 Å². The molecule has 0 atom stereocenters. The first-order valence-corrected chi connectivity index (χ1v) is 12.4. The smallest absolute Gasteiger partial charge is 0.416 e. The van der Waals surface area contributed by atoms with Crippen molar-refractivity contribution in [2.75, 3.05) is 5.32 Å². The highest BCUT2D eigenvalue weighted by Crippen LogP contribution is 2.31. The number of benzene rings is 2. The molecule has 2 aromatic heterocycles. The fraction of sp³-hybridized carbons (Fsp3) is 0.179. The van der Waals surface area contributed by atoms with Gasteiger partial charge in [-0.2, -0.15) is 18.4 Å². The standard InChI is InChI=1S/C28H22F3N3O3S/c1-17(2)37-27(36)23-10-11-38-26(23)33-25(35)19(14-32)13-20-16-34(24-9-4-3-8-22(20)24)15-18-6-5-7-21(12-18)28(29,30)31/h3-13,16-17H,15H2,1-2H3,(H,33,35)/b19-13+. The number of carbonyl (C=O) groups excluding carboxylic acids is 2. The van der Waals surface area contributed by atoms with Gasteiger partial charge in [0.1, 0.15) is 16.6 Å². The van der Waals surface area contributed by atoms with Crippen LogP contribution in [0, 0.1) is 11.3 Å². The van der Waals surface area contributed by atoms with Crippen LogP contribution >= 0.6 is 11.3 Å². The fourth-order valence-electron chi connectivity index (χ4n) is 3.88. The van der Waals surface area contributed by atoms with Gasteiger partial charge >= 0.3 is 12.1 Å². The predicted molar refractivity (Wildman–Crippen MR) is 140 cm³/mol. The molecular formula is C28H22F3N3O3S. The lowest BCUT2D eigenvalue weighted by Crippen LogP contribution is -2.17. The van der Waals surface area contributed by atoms with Gasteiger partial charge in [0.2, 0.25) is 0 Å². The summed E-state index contributed by atoms with van der Waals surface area (Å²) in [5, 5.41) is 14.9. The number of amides is 1. The Hall–Kier alpha value is -4.36. The zero-order valence-corrected chi connectivity index (χ0v) is 21.2. The van der Waals surface area contributed by atoms with E-state index >= 15 is 0 Å². The maximum absolute atomic E-state index is 13.2. The maximum Gasteiger partial charge on any atom is 0.416 e. The first-order chi connectivity index (χ1) is 18.1. The van der Waals surface area contributed by atoms with Gasteiger partial charge in [0.05, 0.1) is 17.2 Å². The molecule has 2 aromatic carbocycles. The van der Waals surface area contributed by atoms with E-state index < -0.39 is 23.6 Å². The van der Waals surface area contributed by atoms with Crippen molar-refractivity contribution in [3.05, 3.63) is 94.0 Å². The molecule has 0 unspecified atom stereocenters. The number of hydrogen-bond acceptors (Lipinski definition) is 5. The van der Waals surface area contributed by atoms with Gasteiger partial charge in [-0.3, -0.25) is 4.79 Å². The van der Waals surface area contributed by atoms with Gasteiger partial charge in [-0.1, -0.05) is 30.3 Å². The lowest BCUT2D eigenvalue weighted by molar-refractivity contribution is -0.137. The van der Waals surface area contributed by atoms with E-state index in [-0.39, 0.29) is 28.8 Å². The first-order valence-electron chi connectivity index (χ1n) is 11.5. The van der Waals surface area contributed by atoms with Gasteiger partial charge in [-0.25, -0.2) is 4.79 Å². The van der Waals surface area contributed by atoms with E-state index in [4.69, 9.17) is 4.74 Å². The van der Waals surface area contributed by atoms with Crippen molar-refractivity contribution in [2.24, 2.45) is 0 Å². The molecule has 2 heterocycles. The summed E-state index contributed by atoms with van der Waals surface area (Å²) in [5.41, 5.74) is 0.972. The number of halogens is 3. The average Bonchev–Trinajstić information content (AvgIpc) is 3.46. The molecule has 38 heavy (non-hydrogen) atoms. The van der Waals surface area contributed by atoms with Gasteiger partial charge in [0, 0.05) is 29.2 Å². The Morgan fingerprint density at radius 3 is 2.63 bits per heavy atom. The molecule has 0 aliphatic heterocycles. The van der Waals surface area contributed by atoms with E-state index in [0.29, 0.717) is 11.1 Å². The normalized spacial score (nSPS) is 12.0. The van der Waals surface area contributed by atoms with Crippen molar-refractivity contribution < 1.29 is 27.5 Å². The monoisotopic (exact) mass is 537 g/mol. The number of anilines is 1. The summed E-state index contributed by atoms with van der Waals surface area (Å²) in [6.45, 7) is 3.58. The Morgan fingerprint density at radius 1 is 1.16 bits per heavy atom. The molecule has 1 N–H and O–H groups in total. The number of rotatable bonds is 7. The number of nitrogens with zero attached hydrogens (tertiary/aromatic N) is 2. The maximum atomic E-state index is 13.2. The Labute approximate surface area is 220 Å². The highest BCUT2D eigenvalue weighted by molar-refractivity contribution is 7.14. The van der Waals surface area contributed by atoms with E-state index in [0.717, 1.165) is 34.4 Å². The van der Waals surface area contributed by atoms with Gasteiger partial charge in [0.25, 0.3) is 5.91 Å². The summed E-state index contributed by atoms with van der Waals surface area (Å²) < 4.78 is 46.5. The number of alkyl halides is 3. The number of nitrogens with one attached hydrogen (secondary N) is 1. The largest absolute Gasteiger partial charge is 0.459 e. The third-order valence-corrected chi connectivity index (χ3v) is 6.38. The van der Waals surface area contributed by atoms with Crippen molar-refractivity contribution in [2.45, 2.75) is 32.7 Å². The second-order valence-corrected chi connectivity index (χ2v) is 9.59. The number of nitriles is 1. The van der Waals surface area contributed by atoms with Gasteiger partial charge < -0.3 is 14.6 Å². The average molecular weight is 538 g/mol. The van der Waals surface area contributed by atoms with E-state index in [2.05, 4.69) is 5.32 Å². The fourth-order valence-corrected chi connectivity index (χ4v) is 4.65. The molecule has 0 bridgehead atoms. The van der Waals surface area contributed by atoms with Gasteiger partial charge in [0.15, 0.2) is 0 Å². The third-order valence-electron chi connectivity index (χ3n) is 5.55. The van der Waals surface area contributed by atoms with Crippen LogP contribution in [0.25, 0.3) is 17.0 Å². The van der Waals surface area contributed by atoms with Crippen LogP contribution in [0.4, 0.5) is 18.2 Å². The van der Waals surface area contributed by atoms with Crippen LogP contribution in [0.5, 0.6) is 0 Å². The summed E-state index contributed by atoms with van der Waals surface area (Å²) in [6, 6.07) is 15.7. The number of aromatic nitrogens is 1. The van der Waals surface area contributed by atoms with E-state index in [1.54, 1.807) is 54.3 Å². The van der Waals surface area contributed by atoms with E-state index in [1.807, 2.05) is 12.1 Å². The highest BCUT2D eigenvalue weighted by Gasteiger charge is 2.30. The van der Waals surface area contributed by atoms with Crippen LogP contribution in [0.15, 0.2) is 71.7 Å². The lowest BCUT2D eigenvalue weighted by atomic mass is 10.1. The Kier molecular flexibility index (Phi) is 7.69. The molecule has 0 aliphatic carbocycles. The van der Waals surface area contributed by atoms with Gasteiger partial charge in [-0.05, 0) is 55.1 Å². The first kappa shape index (κ1) is 26.7. The zero-order valence-electron chi connectivity index (χ0n) is 20.4. The molecule has 0 spiro atoms. The quantitative estimate of drug-likeness (QED) is 0.158. The summed E-state index contributed by atoms with van der Waals surface area (Å²) >= 11 is 1.12. The lowest BCUT2D eigenvalue weighted by Gasteiger charge is -2.10. The van der Waals surface area contributed by atoms with Crippen LogP contribution in [0.1, 0.15) is 40.9 Å². The molecule has 0 radical (unpaired) electrons. The number of hydrogen-bond donors (Lipinski definition) is 1. The van der Waals surface area contributed by atoms with Crippen molar-refractivity contribution in [1.82, 2.24) is 4.57 Å². The Balaban J connectivity index is 1.64. The number of esters is 1. The highest BCUT2D eigenvalue weighted by atomic mass is 32.1. The molecule has 194 valence electrons. The molecule has 4 rings (SSSR count). The molecule has 0 saturated heterocycles. The van der Waals surface area contributed by atoms with Crippen molar-refractivity contribution in [1.29, 1.82) is 5.26 Å². The summed E-state index contributed by atoms with van der Waals surface area (Å²) in [5.74, 6) is -1.29. The van der Waals surface area contributed by atoms with Crippen LogP contribution < -0.4 is 5.32 Å². The Morgan fingerprint density at radius 2 is 1.92 bits per heavy atom. The second-order valence-electron chi connectivity index (χ2n) is 8.67. The molecule has 10 heteroatoms. The Bertz CT molecular complexity index is 1580. The van der Waals surface area contributed by atoms with Gasteiger partial charge in [-0.15, -0.1) is 11.3 Å². The number of para-hydroxylation sites is 1. The minimum absolute atomic E-state index is 0.156. The van der Waals surface area contributed by atoms with Crippen molar-refractivity contribution in [3.8, 4) is 6.07 Å². The number of fused-ring (bicyclic) bond motifs is 1. The minimum Gasteiger partial charge on any atom is -0.459 e. The third kappa shape index (κ3) is 5.95. The number of ether oxygens (including phenoxy) is 1. The summed E-state index contributed by atoms with van der Waals surface area (Å²) in [4.78, 5) is 25.3. The number of thiophene rings is 1. The van der Waals surface area contributed by atoms with E-state index in [9.17, 15) is 28.0 Å². The summed E-state index contributed by atoms with van der Waals surface area (Å²) in [6.07, 6.45) is -1.69. The minimum atomic E-state index is -4.45. The van der Waals surface area contributed by atoms with Crippen molar-refractivity contribution in [3.63, 3.8) is 0 Å². The molecule has 0 saturated carbocycles. The molecular weight excluding hydrogens is 515 g/mol. The SMILES string of the molecule is CC(C)OC(=O)c1ccsc1NC(=O)/C(C#N)=C/c1cn(Cc2cccc(C(F)(F)F)c2)c2ccccc12. The molecule has 0 aliphatic rings.